The van der Waals surface area contributed by atoms with E-state index in [9.17, 15) is 0 Å². The predicted octanol–water partition coefficient (Wildman–Crippen LogP) is 2.24. The highest BCUT2D eigenvalue weighted by Crippen LogP contribution is 2.31. The molecule has 2 aliphatic heterocycles. The number of para-hydroxylation sites is 1. The van der Waals surface area contributed by atoms with Gasteiger partial charge in [0.1, 0.15) is 0 Å². The normalized spacial score (nSPS) is 19.0. The molecule has 1 N–H and O–H groups in total. The molecule has 156 valence electrons. The lowest BCUT2D eigenvalue weighted by Crippen LogP contribution is -2.53. The van der Waals surface area contributed by atoms with Crippen LogP contribution in [0.5, 0.6) is 0 Å². The highest BCUT2D eigenvalue weighted by Gasteiger charge is 2.25. The number of hydrogen-bond acceptors (Lipinski definition) is 5. The minimum absolute atomic E-state index is 0. The number of rotatable bonds is 4. The van der Waals surface area contributed by atoms with E-state index in [1.165, 1.54) is 11.3 Å². The van der Waals surface area contributed by atoms with Gasteiger partial charge in [-0.25, -0.2) is 9.97 Å². The molecular weight excluding hydrogens is 477 g/mol. The first-order valence-electron chi connectivity index (χ1n) is 10.1. The fourth-order valence-corrected chi connectivity index (χ4v) is 4.16. The van der Waals surface area contributed by atoms with Crippen LogP contribution in [0.1, 0.15) is 12.5 Å². The van der Waals surface area contributed by atoms with Gasteiger partial charge in [-0.15, -0.1) is 24.0 Å². The number of fused-ring (bicyclic) bond motifs is 1. The molecule has 7 nitrogen and oxygen atoms in total. The maximum Gasteiger partial charge on any atom is 0.225 e. The molecule has 1 fully saturated rings. The lowest BCUT2D eigenvalue weighted by molar-refractivity contribution is 0.370. The van der Waals surface area contributed by atoms with Gasteiger partial charge in [0, 0.05) is 70.4 Å². The lowest BCUT2D eigenvalue weighted by Gasteiger charge is -2.36. The first-order valence-corrected chi connectivity index (χ1v) is 10.1. The molecular formula is C21H30IN7. The standard InChI is InChI=1S/C21H29N7.HI/c1-17-16-18-6-3-4-7-19(18)28(17)11-10-25-20(22-2)26-12-14-27(15-13-26)21-23-8-5-9-24-21;/h3-9,17H,10-16H2,1-2H3,(H,22,25);1H. The molecule has 0 radical (unpaired) electrons. The van der Waals surface area contributed by atoms with Gasteiger partial charge in [0.2, 0.25) is 5.95 Å². The number of hydrogen-bond donors (Lipinski definition) is 1. The van der Waals surface area contributed by atoms with Crippen molar-refractivity contribution in [1.82, 2.24) is 20.2 Å². The molecule has 1 saturated heterocycles. The van der Waals surface area contributed by atoms with Crippen LogP contribution in [0.3, 0.4) is 0 Å². The van der Waals surface area contributed by atoms with Crippen molar-refractivity contribution in [3.05, 3.63) is 48.3 Å². The Morgan fingerprint density at radius 3 is 2.55 bits per heavy atom. The Morgan fingerprint density at radius 1 is 1.10 bits per heavy atom. The summed E-state index contributed by atoms with van der Waals surface area (Å²) in [5.74, 6) is 1.79. The zero-order chi connectivity index (χ0) is 19.3. The Balaban J connectivity index is 0.00000240. The van der Waals surface area contributed by atoms with E-state index >= 15 is 0 Å². The number of benzene rings is 1. The number of halogens is 1. The summed E-state index contributed by atoms with van der Waals surface area (Å²) in [5.41, 5.74) is 2.84. The first-order chi connectivity index (χ1) is 13.8. The number of nitrogens with zero attached hydrogens (tertiary/aromatic N) is 6. The smallest absolute Gasteiger partial charge is 0.225 e. The minimum atomic E-state index is 0. The topological polar surface area (TPSA) is 59.9 Å². The van der Waals surface area contributed by atoms with E-state index in [0.29, 0.717) is 6.04 Å². The van der Waals surface area contributed by atoms with Gasteiger partial charge in [-0.3, -0.25) is 4.99 Å². The van der Waals surface area contributed by atoms with E-state index < -0.39 is 0 Å². The van der Waals surface area contributed by atoms with Crippen molar-refractivity contribution in [2.45, 2.75) is 19.4 Å². The van der Waals surface area contributed by atoms with Gasteiger partial charge < -0.3 is 20.0 Å². The molecule has 1 aromatic heterocycles. The summed E-state index contributed by atoms with van der Waals surface area (Å²) in [5, 5.41) is 3.56. The molecule has 3 heterocycles. The average molecular weight is 507 g/mol. The molecule has 0 spiro atoms. The van der Waals surface area contributed by atoms with E-state index in [2.05, 4.69) is 66.2 Å². The molecule has 1 unspecified atom stereocenters. The first kappa shape index (κ1) is 21.6. The Morgan fingerprint density at radius 2 is 1.83 bits per heavy atom. The summed E-state index contributed by atoms with van der Waals surface area (Å²) in [6.45, 7) is 7.81. The number of piperazine rings is 1. The quantitative estimate of drug-likeness (QED) is 0.389. The van der Waals surface area contributed by atoms with E-state index in [1.54, 1.807) is 12.4 Å². The Hall–Kier alpha value is -2.10. The van der Waals surface area contributed by atoms with Crippen LogP contribution in [0, 0.1) is 0 Å². The molecule has 1 aromatic carbocycles. The van der Waals surface area contributed by atoms with Crippen molar-refractivity contribution in [2.75, 3.05) is 56.1 Å². The van der Waals surface area contributed by atoms with E-state index in [0.717, 1.165) is 57.6 Å². The fourth-order valence-electron chi connectivity index (χ4n) is 4.16. The average Bonchev–Trinajstić information content (AvgIpc) is 3.07. The molecule has 0 amide bonds. The predicted molar refractivity (Wildman–Crippen MR) is 130 cm³/mol. The molecule has 2 aromatic rings. The molecule has 1 atom stereocenters. The Kier molecular flexibility index (Phi) is 7.51. The van der Waals surface area contributed by atoms with Gasteiger partial charge >= 0.3 is 0 Å². The molecule has 0 aliphatic carbocycles. The van der Waals surface area contributed by atoms with Gasteiger partial charge in [0.25, 0.3) is 0 Å². The van der Waals surface area contributed by atoms with Crippen LogP contribution in [0.4, 0.5) is 11.6 Å². The zero-order valence-electron chi connectivity index (χ0n) is 17.2. The summed E-state index contributed by atoms with van der Waals surface area (Å²) in [6, 6.07) is 11.1. The maximum atomic E-state index is 4.50. The van der Waals surface area contributed by atoms with Crippen molar-refractivity contribution in [3.63, 3.8) is 0 Å². The summed E-state index contributed by atoms with van der Waals surface area (Å²) in [7, 11) is 1.86. The van der Waals surface area contributed by atoms with Crippen molar-refractivity contribution >= 4 is 41.6 Å². The number of guanidine groups is 1. The third-order valence-electron chi connectivity index (χ3n) is 5.61. The highest BCUT2D eigenvalue weighted by atomic mass is 127. The molecule has 0 saturated carbocycles. The number of nitrogens with one attached hydrogen (secondary N) is 1. The van der Waals surface area contributed by atoms with Gasteiger partial charge in [-0.1, -0.05) is 18.2 Å². The van der Waals surface area contributed by atoms with Crippen LogP contribution in [0.2, 0.25) is 0 Å². The number of anilines is 2. The minimum Gasteiger partial charge on any atom is -0.367 e. The molecule has 2 aliphatic rings. The molecule has 0 bridgehead atoms. The summed E-state index contributed by atoms with van der Waals surface area (Å²) in [6.07, 6.45) is 4.73. The van der Waals surface area contributed by atoms with Crippen molar-refractivity contribution < 1.29 is 0 Å². The maximum absolute atomic E-state index is 4.50. The van der Waals surface area contributed by atoms with Crippen molar-refractivity contribution in [3.8, 4) is 0 Å². The van der Waals surface area contributed by atoms with E-state index in [-0.39, 0.29) is 24.0 Å². The van der Waals surface area contributed by atoms with Crippen LogP contribution < -0.4 is 15.1 Å². The summed E-state index contributed by atoms with van der Waals surface area (Å²) >= 11 is 0. The highest BCUT2D eigenvalue weighted by molar-refractivity contribution is 14.0. The van der Waals surface area contributed by atoms with Gasteiger partial charge in [-0.2, -0.15) is 0 Å². The summed E-state index contributed by atoms with van der Waals surface area (Å²) in [4.78, 5) is 20.3. The van der Waals surface area contributed by atoms with Crippen molar-refractivity contribution in [1.29, 1.82) is 0 Å². The number of aliphatic imine (C=N–C) groups is 1. The Bertz CT molecular complexity index is 806. The third-order valence-corrected chi connectivity index (χ3v) is 5.61. The Labute approximate surface area is 190 Å². The van der Waals surface area contributed by atoms with Gasteiger partial charge in [0.15, 0.2) is 5.96 Å². The van der Waals surface area contributed by atoms with Gasteiger partial charge in [-0.05, 0) is 31.0 Å². The SMILES string of the molecule is CN=C(NCCN1c2ccccc2CC1C)N1CCN(c2ncccn2)CC1.I. The van der Waals surface area contributed by atoms with Crippen LogP contribution in [-0.2, 0) is 6.42 Å². The second-order valence-corrected chi connectivity index (χ2v) is 7.37. The second-order valence-electron chi connectivity index (χ2n) is 7.37. The van der Waals surface area contributed by atoms with E-state index in [1.807, 2.05) is 13.1 Å². The molecule has 4 rings (SSSR count). The van der Waals surface area contributed by atoms with Gasteiger partial charge in [0.05, 0.1) is 0 Å². The lowest BCUT2D eigenvalue weighted by atomic mass is 10.1. The van der Waals surface area contributed by atoms with Crippen LogP contribution in [-0.4, -0.2) is 73.2 Å². The fraction of sp³-hybridized carbons (Fsp3) is 0.476. The van der Waals surface area contributed by atoms with Crippen LogP contribution in [0.25, 0.3) is 0 Å². The number of aromatic nitrogens is 2. The summed E-state index contributed by atoms with van der Waals surface area (Å²) < 4.78 is 0. The van der Waals surface area contributed by atoms with Crippen LogP contribution in [0.15, 0.2) is 47.7 Å². The molecule has 8 heteroatoms. The monoisotopic (exact) mass is 507 g/mol. The van der Waals surface area contributed by atoms with Crippen LogP contribution >= 0.6 is 24.0 Å². The third kappa shape index (κ3) is 4.91. The molecule has 29 heavy (non-hydrogen) atoms. The largest absolute Gasteiger partial charge is 0.367 e. The zero-order valence-corrected chi connectivity index (χ0v) is 19.5. The second kappa shape index (κ2) is 10.1. The van der Waals surface area contributed by atoms with Crippen molar-refractivity contribution in [2.24, 2.45) is 4.99 Å². The van der Waals surface area contributed by atoms with E-state index in [4.69, 9.17) is 0 Å².